The molecule has 0 aliphatic carbocycles. The van der Waals surface area contributed by atoms with Crippen LogP contribution in [0.3, 0.4) is 0 Å². The lowest BCUT2D eigenvalue weighted by atomic mass is 10.1. The van der Waals surface area contributed by atoms with Gasteiger partial charge in [0.25, 0.3) is 5.91 Å². The molecule has 3 amide bonds. The van der Waals surface area contributed by atoms with Crippen LogP contribution in [-0.2, 0) is 0 Å². The number of urea groups is 1. The average molecular weight is 379 g/mol. The molecule has 0 saturated heterocycles. The molecule has 6 heteroatoms. The summed E-state index contributed by atoms with van der Waals surface area (Å²) in [5.41, 5.74) is 1.46. The number of carbonyl (C=O) groups is 2. The van der Waals surface area contributed by atoms with E-state index in [-0.39, 0.29) is 0 Å². The fourth-order valence-corrected chi connectivity index (χ4v) is 2.77. The summed E-state index contributed by atoms with van der Waals surface area (Å²) in [5, 5.41) is 2.37. The van der Waals surface area contributed by atoms with Gasteiger partial charge in [0.2, 0.25) is 0 Å². The third kappa shape index (κ3) is 4.35. The van der Waals surface area contributed by atoms with Crippen LogP contribution in [0.4, 0.5) is 4.79 Å². The highest BCUT2D eigenvalue weighted by atomic mass is 79.9. The number of rotatable bonds is 3. The van der Waals surface area contributed by atoms with Gasteiger partial charge in [-0.3, -0.25) is 14.4 Å². The van der Waals surface area contributed by atoms with Crippen molar-refractivity contribution in [3.63, 3.8) is 0 Å². The predicted octanol–water partition coefficient (Wildman–Crippen LogP) is 4.25. The molecule has 0 aliphatic rings. The first-order valence-electron chi connectivity index (χ1n) is 6.55. The molecule has 0 heterocycles. The fraction of sp³-hybridized carbons (Fsp3) is 0.125. The Hall–Kier alpha value is -1.79. The molecule has 2 aromatic carbocycles. The van der Waals surface area contributed by atoms with Gasteiger partial charge >= 0.3 is 6.03 Å². The van der Waals surface area contributed by atoms with Crippen LogP contribution in [-0.4, -0.2) is 23.3 Å². The van der Waals surface area contributed by atoms with Crippen LogP contribution >= 0.6 is 27.9 Å². The van der Waals surface area contributed by atoms with Gasteiger partial charge in [0.05, 0.1) is 0 Å². The van der Waals surface area contributed by atoms with Crippen LogP contribution in [0.1, 0.15) is 15.9 Å². The summed E-state index contributed by atoms with van der Waals surface area (Å²) in [6.45, 7) is 1.93. The maximum atomic E-state index is 12.1. The van der Waals surface area contributed by atoms with Crippen molar-refractivity contribution in [3.05, 3.63) is 64.1 Å². The zero-order chi connectivity index (χ0) is 16.1. The molecular weight excluding hydrogens is 364 g/mol. The van der Waals surface area contributed by atoms with Crippen LogP contribution in [0.25, 0.3) is 0 Å². The lowest BCUT2D eigenvalue weighted by Gasteiger charge is -2.16. The zero-order valence-corrected chi connectivity index (χ0v) is 14.6. The second kappa shape index (κ2) is 7.47. The lowest BCUT2D eigenvalue weighted by molar-refractivity contribution is 0.0961. The van der Waals surface area contributed by atoms with Gasteiger partial charge in [0, 0.05) is 22.0 Å². The standard InChI is InChI=1S/C16H15BrN2O2S/c1-11-8-9-12(10-14(11)17)15(20)18-16(21)19(2)22-13-6-4-3-5-7-13/h3-10H,1-2H3,(H,18,20,21). The summed E-state index contributed by atoms with van der Waals surface area (Å²) in [6.07, 6.45) is 0. The van der Waals surface area contributed by atoms with Gasteiger partial charge in [-0.25, -0.2) is 4.79 Å². The second-order valence-electron chi connectivity index (χ2n) is 4.63. The Morgan fingerprint density at radius 3 is 2.45 bits per heavy atom. The van der Waals surface area contributed by atoms with E-state index in [4.69, 9.17) is 0 Å². The molecular formula is C16H15BrN2O2S. The van der Waals surface area contributed by atoms with Crippen LogP contribution in [0.15, 0.2) is 57.9 Å². The minimum Gasteiger partial charge on any atom is -0.273 e. The van der Waals surface area contributed by atoms with Gasteiger partial charge in [-0.05, 0) is 48.7 Å². The molecule has 114 valence electrons. The Bertz CT molecular complexity index is 692. The molecule has 0 aromatic heterocycles. The predicted molar refractivity (Wildman–Crippen MR) is 91.8 cm³/mol. The van der Waals surface area contributed by atoms with Gasteiger partial charge in [-0.2, -0.15) is 0 Å². The molecule has 22 heavy (non-hydrogen) atoms. The van der Waals surface area contributed by atoms with E-state index in [1.165, 1.54) is 16.3 Å². The van der Waals surface area contributed by atoms with E-state index in [9.17, 15) is 9.59 Å². The summed E-state index contributed by atoms with van der Waals surface area (Å²) >= 11 is 4.63. The van der Waals surface area contributed by atoms with Gasteiger partial charge in [0.15, 0.2) is 0 Å². The maximum absolute atomic E-state index is 12.1. The first kappa shape index (κ1) is 16.6. The summed E-state index contributed by atoms with van der Waals surface area (Å²) in [5.74, 6) is -0.425. The normalized spacial score (nSPS) is 10.1. The van der Waals surface area contributed by atoms with Crippen molar-refractivity contribution in [3.8, 4) is 0 Å². The van der Waals surface area contributed by atoms with E-state index in [1.54, 1.807) is 19.2 Å². The highest BCUT2D eigenvalue weighted by Gasteiger charge is 2.15. The van der Waals surface area contributed by atoms with Gasteiger partial charge in [0.1, 0.15) is 0 Å². The van der Waals surface area contributed by atoms with Crippen LogP contribution in [0.5, 0.6) is 0 Å². The minimum atomic E-state index is -0.462. The third-order valence-corrected chi connectivity index (χ3v) is 4.70. The van der Waals surface area contributed by atoms with Crippen molar-refractivity contribution in [1.29, 1.82) is 0 Å². The van der Waals surface area contributed by atoms with Crippen molar-refractivity contribution in [2.45, 2.75) is 11.8 Å². The summed E-state index contributed by atoms with van der Waals surface area (Å²) < 4.78 is 2.22. The number of amides is 3. The number of benzene rings is 2. The monoisotopic (exact) mass is 378 g/mol. The highest BCUT2D eigenvalue weighted by molar-refractivity contribution is 9.10. The number of imide groups is 1. The van der Waals surface area contributed by atoms with E-state index >= 15 is 0 Å². The molecule has 2 aromatic rings. The van der Waals surface area contributed by atoms with Crippen molar-refractivity contribution in [2.75, 3.05) is 7.05 Å². The van der Waals surface area contributed by atoms with Gasteiger partial charge in [-0.1, -0.05) is 40.2 Å². The molecule has 2 rings (SSSR count). The SMILES string of the molecule is Cc1ccc(C(=O)NC(=O)N(C)Sc2ccccc2)cc1Br. The second-order valence-corrected chi connectivity index (χ2v) is 6.68. The first-order valence-corrected chi connectivity index (χ1v) is 8.12. The molecule has 4 nitrogen and oxygen atoms in total. The third-order valence-electron chi connectivity index (χ3n) is 2.93. The van der Waals surface area contributed by atoms with Gasteiger partial charge < -0.3 is 0 Å². The highest BCUT2D eigenvalue weighted by Crippen LogP contribution is 2.21. The van der Waals surface area contributed by atoms with Crippen molar-refractivity contribution in [1.82, 2.24) is 9.62 Å². The average Bonchev–Trinajstić information content (AvgIpc) is 2.50. The van der Waals surface area contributed by atoms with E-state index < -0.39 is 11.9 Å². The van der Waals surface area contributed by atoms with Crippen LogP contribution in [0, 0.1) is 6.92 Å². The van der Waals surface area contributed by atoms with Crippen molar-refractivity contribution in [2.24, 2.45) is 0 Å². The first-order chi connectivity index (χ1) is 10.5. The number of nitrogens with zero attached hydrogens (tertiary/aromatic N) is 1. The molecule has 1 N–H and O–H groups in total. The maximum Gasteiger partial charge on any atom is 0.334 e. The smallest absolute Gasteiger partial charge is 0.273 e. The number of aryl methyl sites for hydroxylation is 1. The number of nitrogens with one attached hydrogen (secondary N) is 1. The van der Waals surface area contributed by atoms with Crippen LogP contribution < -0.4 is 5.32 Å². The van der Waals surface area contributed by atoms with Crippen molar-refractivity contribution >= 4 is 39.8 Å². The van der Waals surface area contributed by atoms with E-state index in [0.29, 0.717) is 5.56 Å². The van der Waals surface area contributed by atoms with E-state index in [2.05, 4.69) is 21.2 Å². The molecule has 0 aliphatic heterocycles. The molecule has 0 fully saturated rings. The Kier molecular flexibility index (Phi) is 5.63. The van der Waals surface area contributed by atoms with Crippen LogP contribution in [0.2, 0.25) is 0 Å². The molecule has 0 unspecified atom stereocenters. The summed E-state index contributed by atoms with van der Waals surface area (Å²) in [4.78, 5) is 25.1. The molecule has 0 saturated carbocycles. The van der Waals surface area contributed by atoms with Crippen molar-refractivity contribution < 1.29 is 9.59 Å². The number of halogens is 1. The Labute approximate surface area is 142 Å². The Morgan fingerprint density at radius 2 is 1.82 bits per heavy atom. The number of hydrogen-bond donors (Lipinski definition) is 1. The van der Waals surface area contributed by atoms with Gasteiger partial charge in [-0.15, -0.1) is 0 Å². The summed E-state index contributed by atoms with van der Waals surface area (Å²) in [7, 11) is 1.62. The topological polar surface area (TPSA) is 49.4 Å². The molecule has 0 spiro atoms. The van der Waals surface area contributed by atoms with E-state index in [1.807, 2.05) is 43.3 Å². The minimum absolute atomic E-state index is 0.425. The summed E-state index contributed by atoms with van der Waals surface area (Å²) in [6, 6.07) is 14.2. The lowest BCUT2D eigenvalue weighted by Crippen LogP contribution is -2.37. The Balaban J connectivity index is 1.98. The quantitative estimate of drug-likeness (QED) is 0.812. The Morgan fingerprint density at radius 1 is 1.14 bits per heavy atom. The number of hydrogen-bond acceptors (Lipinski definition) is 3. The zero-order valence-electron chi connectivity index (χ0n) is 12.2. The van der Waals surface area contributed by atoms with E-state index in [0.717, 1.165) is 14.9 Å². The number of carbonyl (C=O) groups excluding carboxylic acids is 2. The molecule has 0 radical (unpaired) electrons. The molecule has 0 bridgehead atoms. The largest absolute Gasteiger partial charge is 0.334 e. The molecule has 0 atom stereocenters. The fourth-order valence-electron chi connectivity index (χ4n) is 1.66.